The fourth-order valence-electron chi connectivity index (χ4n) is 4.03. The van der Waals surface area contributed by atoms with Gasteiger partial charge in [0.05, 0.1) is 24.3 Å². The van der Waals surface area contributed by atoms with E-state index in [2.05, 4.69) is 4.90 Å². The first-order valence-electron chi connectivity index (χ1n) is 10.2. The molecule has 2 fully saturated rings. The van der Waals surface area contributed by atoms with Crippen molar-refractivity contribution < 1.29 is 13.9 Å². The lowest BCUT2D eigenvalue weighted by Crippen LogP contribution is -2.49. The van der Waals surface area contributed by atoms with E-state index in [0.29, 0.717) is 39.4 Å². The Hall–Kier alpha value is -3.11. The van der Waals surface area contributed by atoms with Gasteiger partial charge in [-0.05, 0) is 37.3 Å². The number of hydrogen-bond acceptors (Lipinski definition) is 5. The van der Waals surface area contributed by atoms with Gasteiger partial charge in [-0.1, -0.05) is 11.6 Å². The third-order valence-electron chi connectivity index (χ3n) is 5.74. The van der Waals surface area contributed by atoms with Gasteiger partial charge in [0.1, 0.15) is 11.9 Å². The Morgan fingerprint density at radius 1 is 1.00 bits per heavy atom. The lowest BCUT2D eigenvalue weighted by molar-refractivity contribution is 0.0746. The number of amides is 1. The van der Waals surface area contributed by atoms with Gasteiger partial charge in [0.15, 0.2) is 0 Å². The van der Waals surface area contributed by atoms with E-state index in [-0.39, 0.29) is 11.5 Å². The molecule has 7 heteroatoms. The van der Waals surface area contributed by atoms with E-state index in [1.807, 2.05) is 41.0 Å². The molecule has 30 heavy (non-hydrogen) atoms. The molecule has 0 unspecified atom stereocenters. The molecule has 2 aliphatic heterocycles. The molecule has 0 atom stereocenters. The largest absolute Gasteiger partial charge is 0.378 e. The molecule has 0 bridgehead atoms. The normalized spacial score (nSPS) is 17.0. The number of aryl methyl sites for hydroxylation is 1. The van der Waals surface area contributed by atoms with Crippen molar-refractivity contribution in [1.82, 2.24) is 4.90 Å². The van der Waals surface area contributed by atoms with Gasteiger partial charge >= 0.3 is 0 Å². The number of nitriles is 1. The van der Waals surface area contributed by atoms with E-state index in [0.717, 1.165) is 35.6 Å². The van der Waals surface area contributed by atoms with Crippen molar-refractivity contribution in [2.24, 2.45) is 0 Å². The average Bonchev–Trinajstić information content (AvgIpc) is 2.79. The molecule has 0 radical (unpaired) electrons. The Kier molecular flexibility index (Phi) is 5.86. The monoisotopic (exact) mass is 408 g/mol. The van der Waals surface area contributed by atoms with Crippen molar-refractivity contribution in [3.05, 3.63) is 58.9 Å². The smallest absolute Gasteiger partial charge is 0.256 e. The Balaban J connectivity index is 1.48. The van der Waals surface area contributed by atoms with E-state index in [9.17, 15) is 9.18 Å². The summed E-state index contributed by atoms with van der Waals surface area (Å²) < 4.78 is 19.4. The zero-order valence-electron chi connectivity index (χ0n) is 17.1. The van der Waals surface area contributed by atoms with Gasteiger partial charge in [0, 0.05) is 50.6 Å². The van der Waals surface area contributed by atoms with Crippen LogP contribution in [0, 0.1) is 24.1 Å². The van der Waals surface area contributed by atoms with Gasteiger partial charge in [0.2, 0.25) is 0 Å². The van der Waals surface area contributed by atoms with Crippen molar-refractivity contribution >= 4 is 17.3 Å². The summed E-state index contributed by atoms with van der Waals surface area (Å²) in [4.78, 5) is 19.5. The molecular weight excluding hydrogens is 383 g/mol. The van der Waals surface area contributed by atoms with Gasteiger partial charge in [0.25, 0.3) is 5.91 Å². The highest BCUT2D eigenvalue weighted by atomic mass is 19.1. The first-order valence-corrected chi connectivity index (χ1v) is 10.2. The second-order valence-corrected chi connectivity index (χ2v) is 7.68. The predicted molar refractivity (Wildman–Crippen MR) is 113 cm³/mol. The highest BCUT2D eigenvalue weighted by molar-refractivity contribution is 6.00. The number of carbonyl (C=O) groups excluding carboxylic acids is 1. The lowest BCUT2D eigenvalue weighted by atomic mass is 10.1. The highest BCUT2D eigenvalue weighted by Gasteiger charge is 2.26. The predicted octanol–water partition coefficient (Wildman–Crippen LogP) is 2.80. The van der Waals surface area contributed by atoms with Crippen LogP contribution >= 0.6 is 0 Å². The number of halogens is 1. The van der Waals surface area contributed by atoms with Crippen LogP contribution in [0.3, 0.4) is 0 Å². The fraction of sp³-hybridized carbons (Fsp3) is 0.391. The van der Waals surface area contributed by atoms with E-state index < -0.39 is 5.82 Å². The molecule has 2 aromatic carbocycles. The summed E-state index contributed by atoms with van der Waals surface area (Å²) in [5.41, 5.74) is 3.54. The van der Waals surface area contributed by atoms with Gasteiger partial charge in [-0.2, -0.15) is 5.26 Å². The van der Waals surface area contributed by atoms with E-state index in [4.69, 9.17) is 10.00 Å². The summed E-state index contributed by atoms with van der Waals surface area (Å²) in [6, 6.07) is 12.5. The van der Waals surface area contributed by atoms with E-state index in [1.165, 1.54) is 12.1 Å². The Morgan fingerprint density at radius 3 is 2.40 bits per heavy atom. The Morgan fingerprint density at radius 2 is 1.73 bits per heavy atom. The quantitative estimate of drug-likeness (QED) is 0.782. The molecular formula is C23H25FN4O2. The molecule has 0 saturated carbocycles. The summed E-state index contributed by atoms with van der Waals surface area (Å²) >= 11 is 0. The third kappa shape index (κ3) is 4.10. The zero-order chi connectivity index (χ0) is 21.1. The number of piperazine rings is 1. The molecule has 2 saturated heterocycles. The van der Waals surface area contributed by atoms with Gasteiger partial charge < -0.3 is 19.4 Å². The minimum absolute atomic E-state index is 0.0332. The minimum atomic E-state index is -0.511. The van der Waals surface area contributed by atoms with Crippen LogP contribution in [0.5, 0.6) is 0 Å². The summed E-state index contributed by atoms with van der Waals surface area (Å²) in [5.74, 6) is -0.478. The summed E-state index contributed by atoms with van der Waals surface area (Å²) in [6.07, 6.45) is 0. The van der Waals surface area contributed by atoms with Crippen LogP contribution in [0.25, 0.3) is 0 Å². The average molecular weight is 408 g/mol. The molecule has 1 amide bonds. The topological polar surface area (TPSA) is 59.8 Å². The van der Waals surface area contributed by atoms with Crippen LogP contribution in [0.1, 0.15) is 21.5 Å². The molecule has 2 aliphatic rings. The number of ether oxygens (including phenoxy) is 1. The molecule has 0 aromatic heterocycles. The lowest BCUT2D eigenvalue weighted by Gasteiger charge is -2.37. The van der Waals surface area contributed by atoms with Crippen LogP contribution in [0.4, 0.5) is 15.8 Å². The second-order valence-electron chi connectivity index (χ2n) is 7.68. The number of carbonyl (C=O) groups is 1. The van der Waals surface area contributed by atoms with Gasteiger partial charge in [-0.3, -0.25) is 4.79 Å². The maximum absolute atomic E-state index is 14.0. The maximum atomic E-state index is 14.0. The van der Waals surface area contributed by atoms with Gasteiger partial charge in [-0.25, -0.2) is 4.39 Å². The SMILES string of the molecule is Cc1ccc(N2CCOCC2)c(C(=O)N2CCN(c3ccc(C#N)c(F)c3)CC2)c1. The number of nitrogens with zero attached hydrogens (tertiary/aromatic N) is 4. The molecule has 0 aliphatic carbocycles. The molecule has 2 aromatic rings. The van der Waals surface area contributed by atoms with Crippen LogP contribution in [-0.4, -0.2) is 63.3 Å². The summed E-state index contributed by atoms with van der Waals surface area (Å²) in [7, 11) is 0. The van der Waals surface area contributed by atoms with Crippen LogP contribution < -0.4 is 9.80 Å². The first kappa shape index (κ1) is 20.2. The van der Waals surface area contributed by atoms with Crippen molar-refractivity contribution in [2.75, 3.05) is 62.3 Å². The number of anilines is 2. The summed E-state index contributed by atoms with van der Waals surface area (Å²) in [5, 5.41) is 8.90. The molecule has 2 heterocycles. The standard InChI is InChI=1S/C23H25FN4O2/c1-17-2-5-22(27-10-12-30-13-11-27)20(14-17)23(29)28-8-6-26(7-9-28)19-4-3-18(16-25)21(24)15-19/h2-5,14-15H,6-13H2,1H3. The molecule has 0 N–H and O–H groups in total. The summed E-state index contributed by atoms with van der Waals surface area (Å²) in [6.45, 7) is 7.27. The minimum Gasteiger partial charge on any atom is -0.378 e. The van der Waals surface area contributed by atoms with E-state index in [1.54, 1.807) is 6.07 Å². The van der Waals surface area contributed by atoms with Crippen molar-refractivity contribution in [1.29, 1.82) is 5.26 Å². The van der Waals surface area contributed by atoms with Crippen molar-refractivity contribution in [3.8, 4) is 6.07 Å². The maximum Gasteiger partial charge on any atom is 0.256 e. The van der Waals surface area contributed by atoms with E-state index >= 15 is 0 Å². The zero-order valence-corrected chi connectivity index (χ0v) is 17.1. The molecule has 4 rings (SSSR count). The number of rotatable bonds is 3. The Labute approximate surface area is 176 Å². The van der Waals surface area contributed by atoms with Gasteiger partial charge in [-0.15, -0.1) is 0 Å². The fourth-order valence-corrected chi connectivity index (χ4v) is 4.03. The number of hydrogen-bond donors (Lipinski definition) is 0. The van der Waals surface area contributed by atoms with Crippen LogP contribution in [0.15, 0.2) is 36.4 Å². The van der Waals surface area contributed by atoms with Crippen LogP contribution in [-0.2, 0) is 4.74 Å². The van der Waals surface area contributed by atoms with Crippen LogP contribution in [0.2, 0.25) is 0 Å². The first-order chi connectivity index (χ1) is 14.6. The highest BCUT2D eigenvalue weighted by Crippen LogP contribution is 2.26. The number of morpholine rings is 1. The second kappa shape index (κ2) is 8.72. The Bertz CT molecular complexity index is 974. The third-order valence-corrected chi connectivity index (χ3v) is 5.74. The van der Waals surface area contributed by atoms with Crippen molar-refractivity contribution in [2.45, 2.75) is 6.92 Å². The van der Waals surface area contributed by atoms with Crippen molar-refractivity contribution in [3.63, 3.8) is 0 Å². The molecule has 6 nitrogen and oxygen atoms in total. The number of benzene rings is 2. The molecule has 0 spiro atoms. The molecule has 156 valence electrons.